The van der Waals surface area contributed by atoms with Crippen LogP contribution in [0.1, 0.15) is 44.5 Å². The number of likely N-dealkylation sites (N-methyl/N-ethyl adjacent to an activating group) is 1. The average molecular weight is 312 g/mol. The monoisotopic (exact) mass is 311 g/mol. The number of carbonyl (C=O) groups excluding carboxylic acids is 1. The first-order valence-corrected chi connectivity index (χ1v) is 7.48. The molecule has 0 radical (unpaired) electrons. The molecule has 1 aromatic rings. The van der Waals surface area contributed by atoms with Crippen molar-refractivity contribution in [1.82, 2.24) is 9.78 Å². The maximum absolute atomic E-state index is 12.1. The van der Waals surface area contributed by atoms with Crippen molar-refractivity contribution in [1.29, 1.82) is 0 Å². The van der Waals surface area contributed by atoms with Crippen LogP contribution in [0, 0.1) is 5.41 Å². The average Bonchev–Trinajstić information content (AvgIpc) is 2.79. The smallest absolute Gasteiger partial charge is 0.343 e. The summed E-state index contributed by atoms with van der Waals surface area (Å²) in [5.41, 5.74) is 0.600. The first-order chi connectivity index (χ1) is 9.74. The molecule has 1 unspecified atom stereocenters. The fourth-order valence-corrected chi connectivity index (χ4v) is 2.78. The highest BCUT2D eigenvalue weighted by molar-refractivity contribution is 6.45. The van der Waals surface area contributed by atoms with E-state index >= 15 is 0 Å². The lowest BCUT2D eigenvalue weighted by Gasteiger charge is -2.36. The van der Waals surface area contributed by atoms with Crippen molar-refractivity contribution in [3.05, 3.63) is 17.8 Å². The van der Waals surface area contributed by atoms with Gasteiger partial charge < -0.3 is 9.64 Å². The molecule has 0 amide bonds. The molecule has 0 fully saturated rings. The number of esters is 1. The Kier molecular flexibility index (Phi) is 4.33. The summed E-state index contributed by atoms with van der Waals surface area (Å²) in [5, 5.41) is 4.72. The predicted molar refractivity (Wildman–Crippen MR) is 84.6 cm³/mol. The van der Waals surface area contributed by atoms with Crippen molar-refractivity contribution in [3.8, 4) is 0 Å². The van der Waals surface area contributed by atoms with Crippen LogP contribution in [0.5, 0.6) is 0 Å². The van der Waals surface area contributed by atoms with Gasteiger partial charge >= 0.3 is 5.97 Å². The molecular weight excluding hydrogens is 290 g/mol. The number of ether oxygens (including phenoxy) is 1. The molecule has 2 rings (SSSR count). The van der Waals surface area contributed by atoms with Gasteiger partial charge in [-0.1, -0.05) is 32.4 Å². The van der Waals surface area contributed by atoms with E-state index in [2.05, 4.69) is 25.9 Å². The summed E-state index contributed by atoms with van der Waals surface area (Å²) in [4.78, 5) is 14.1. The molecule has 0 aliphatic carbocycles. The number of fused-ring (bicyclic) bond motifs is 1. The summed E-state index contributed by atoms with van der Waals surface area (Å²) in [6, 6.07) is 0.120. The third-order valence-electron chi connectivity index (χ3n) is 3.42. The molecule has 2 heterocycles. The Morgan fingerprint density at radius 1 is 1.48 bits per heavy atom. The van der Waals surface area contributed by atoms with Crippen LogP contribution in [0.2, 0.25) is 0 Å². The van der Waals surface area contributed by atoms with Gasteiger partial charge in [0.05, 0.1) is 18.8 Å². The van der Waals surface area contributed by atoms with Crippen LogP contribution < -0.4 is 4.90 Å². The molecule has 1 aromatic heterocycles. The van der Waals surface area contributed by atoms with Gasteiger partial charge in [-0.3, -0.25) is 0 Å². The normalized spacial score (nSPS) is 18.3. The lowest BCUT2D eigenvalue weighted by molar-refractivity contribution is 0.0527. The van der Waals surface area contributed by atoms with Gasteiger partial charge in [0.15, 0.2) is 0 Å². The maximum atomic E-state index is 12.1. The second-order valence-electron chi connectivity index (χ2n) is 6.45. The number of carbonyl (C=O) groups is 1. The SMILES string of the molecule is CCOC(=O)c1cnn2c1N(C)C(CC(C)(C)C)C=C2Cl. The maximum Gasteiger partial charge on any atom is 0.343 e. The Labute approximate surface area is 130 Å². The van der Waals surface area contributed by atoms with E-state index < -0.39 is 0 Å². The van der Waals surface area contributed by atoms with Crippen molar-refractivity contribution < 1.29 is 9.53 Å². The van der Waals surface area contributed by atoms with Crippen molar-refractivity contribution >= 4 is 28.5 Å². The Morgan fingerprint density at radius 2 is 2.14 bits per heavy atom. The molecule has 5 nitrogen and oxygen atoms in total. The number of aromatic nitrogens is 2. The van der Waals surface area contributed by atoms with Gasteiger partial charge in [-0.05, 0) is 24.8 Å². The zero-order valence-corrected chi connectivity index (χ0v) is 13.9. The quantitative estimate of drug-likeness (QED) is 0.803. The van der Waals surface area contributed by atoms with Crippen LogP contribution in [0.3, 0.4) is 0 Å². The van der Waals surface area contributed by atoms with Crippen molar-refractivity contribution in [3.63, 3.8) is 0 Å². The molecule has 0 saturated heterocycles. The van der Waals surface area contributed by atoms with Gasteiger partial charge in [0.2, 0.25) is 0 Å². The second kappa shape index (κ2) is 5.72. The molecule has 1 atom stereocenters. The molecule has 0 N–H and O–H groups in total. The van der Waals surface area contributed by atoms with Gasteiger partial charge in [-0.15, -0.1) is 0 Å². The Bertz CT molecular complexity index is 572. The predicted octanol–water partition coefficient (Wildman–Crippen LogP) is 3.35. The van der Waals surface area contributed by atoms with Gasteiger partial charge in [-0.25, -0.2) is 9.48 Å². The molecule has 0 saturated carbocycles. The van der Waals surface area contributed by atoms with Crippen LogP contribution in [0.15, 0.2) is 12.3 Å². The van der Waals surface area contributed by atoms with Crippen LogP contribution in [0.4, 0.5) is 5.82 Å². The van der Waals surface area contributed by atoms with Crippen LogP contribution in [-0.2, 0) is 4.74 Å². The number of hydrogen-bond donors (Lipinski definition) is 0. The lowest BCUT2D eigenvalue weighted by atomic mass is 9.87. The Morgan fingerprint density at radius 3 is 2.71 bits per heavy atom. The molecule has 0 bridgehead atoms. The van der Waals surface area contributed by atoms with Crippen molar-refractivity contribution in [2.45, 2.75) is 40.2 Å². The zero-order chi connectivity index (χ0) is 15.8. The molecule has 0 spiro atoms. The van der Waals surface area contributed by atoms with E-state index in [0.29, 0.717) is 23.1 Å². The summed E-state index contributed by atoms with van der Waals surface area (Å²) in [6.07, 6.45) is 4.41. The van der Waals surface area contributed by atoms with Gasteiger partial charge in [0.25, 0.3) is 0 Å². The number of anilines is 1. The number of rotatable bonds is 3. The standard InChI is InChI=1S/C15H22ClN3O2/c1-6-21-14(20)11-9-17-19-12(16)7-10(8-15(2,3)4)18(5)13(11)19/h7,9-10H,6,8H2,1-5H3. The van der Waals surface area contributed by atoms with E-state index in [4.69, 9.17) is 16.3 Å². The largest absolute Gasteiger partial charge is 0.462 e. The summed E-state index contributed by atoms with van der Waals surface area (Å²) < 4.78 is 6.67. The van der Waals surface area contributed by atoms with E-state index in [1.165, 1.54) is 6.20 Å². The molecule has 0 aromatic carbocycles. The van der Waals surface area contributed by atoms with Crippen LogP contribution in [-0.4, -0.2) is 35.4 Å². The summed E-state index contributed by atoms with van der Waals surface area (Å²) in [7, 11) is 1.95. The zero-order valence-electron chi connectivity index (χ0n) is 13.2. The summed E-state index contributed by atoms with van der Waals surface area (Å²) >= 11 is 6.31. The minimum atomic E-state index is -0.369. The van der Waals surface area contributed by atoms with Gasteiger partial charge in [-0.2, -0.15) is 5.10 Å². The molecule has 6 heteroatoms. The third-order valence-corrected chi connectivity index (χ3v) is 3.71. The molecular formula is C15H22ClN3O2. The van der Waals surface area contributed by atoms with Crippen LogP contribution >= 0.6 is 11.6 Å². The minimum absolute atomic E-state index is 0.120. The third kappa shape index (κ3) is 3.23. The first-order valence-electron chi connectivity index (χ1n) is 7.10. The van der Waals surface area contributed by atoms with Gasteiger partial charge in [0.1, 0.15) is 16.5 Å². The Hall–Kier alpha value is -1.49. The van der Waals surface area contributed by atoms with E-state index in [1.54, 1.807) is 11.6 Å². The topological polar surface area (TPSA) is 47.4 Å². The Balaban J connectivity index is 2.39. The number of hydrogen-bond acceptors (Lipinski definition) is 4. The van der Waals surface area contributed by atoms with E-state index in [9.17, 15) is 4.79 Å². The van der Waals surface area contributed by atoms with Crippen LogP contribution in [0.25, 0.3) is 5.16 Å². The minimum Gasteiger partial charge on any atom is -0.462 e. The number of halogens is 1. The molecule has 1 aliphatic heterocycles. The first kappa shape index (κ1) is 15.9. The molecule has 21 heavy (non-hydrogen) atoms. The number of nitrogens with zero attached hydrogens (tertiary/aromatic N) is 3. The van der Waals surface area contributed by atoms with E-state index in [0.717, 1.165) is 6.42 Å². The van der Waals surface area contributed by atoms with Crippen molar-refractivity contribution in [2.24, 2.45) is 5.41 Å². The highest BCUT2D eigenvalue weighted by atomic mass is 35.5. The lowest BCUT2D eigenvalue weighted by Crippen LogP contribution is -2.38. The summed E-state index contributed by atoms with van der Waals surface area (Å²) in [6.45, 7) is 8.66. The molecule has 116 valence electrons. The van der Waals surface area contributed by atoms with Gasteiger partial charge in [0, 0.05) is 7.05 Å². The van der Waals surface area contributed by atoms with E-state index in [1.807, 2.05) is 18.0 Å². The highest BCUT2D eigenvalue weighted by Gasteiger charge is 2.32. The highest BCUT2D eigenvalue weighted by Crippen LogP contribution is 2.35. The molecule has 1 aliphatic rings. The van der Waals surface area contributed by atoms with Crippen molar-refractivity contribution in [2.75, 3.05) is 18.6 Å². The second-order valence-corrected chi connectivity index (χ2v) is 6.83. The fourth-order valence-electron chi connectivity index (χ4n) is 2.51. The van der Waals surface area contributed by atoms with E-state index in [-0.39, 0.29) is 17.4 Å². The fraction of sp³-hybridized carbons (Fsp3) is 0.600. The summed E-state index contributed by atoms with van der Waals surface area (Å²) in [5.74, 6) is 0.321.